The molecule has 3 fully saturated rings. The van der Waals surface area contributed by atoms with E-state index in [1.54, 1.807) is 0 Å². The monoisotopic (exact) mass is 252 g/mol. The summed E-state index contributed by atoms with van der Waals surface area (Å²) in [7, 11) is 1.83. The fourth-order valence-electron chi connectivity index (χ4n) is 3.56. The standard InChI is InChI=1S/C15H28N2O/c1-18-11-12-6-8-17(9-7-12)15-5-2-13(15)10-16-14-3-4-14/h12-16H,2-11H2,1H3. The lowest BCUT2D eigenvalue weighted by Crippen LogP contribution is -2.53. The molecule has 0 aromatic heterocycles. The molecule has 0 aromatic carbocycles. The number of hydrogen-bond acceptors (Lipinski definition) is 3. The van der Waals surface area contributed by atoms with Gasteiger partial charge in [0, 0.05) is 25.8 Å². The molecule has 0 radical (unpaired) electrons. The predicted octanol–water partition coefficient (Wildman–Crippen LogP) is 1.88. The Labute approximate surface area is 111 Å². The predicted molar refractivity (Wildman–Crippen MR) is 73.7 cm³/mol. The van der Waals surface area contributed by atoms with Gasteiger partial charge in [-0.25, -0.2) is 0 Å². The molecule has 0 spiro atoms. The molecule has 1 heterocycles. The van der Waals surface area contributed by atoms with Crippen molar-refractivity contribution < 1.29 is 4.74 Å². The van der Waals surface area contributed by atoms with Crippen LogP contribution in [0.5, 0.6) is 0 Å². The molecular weight excluding hydrogens is 224 g/mol. The third kappa shape index (κ3) is 3.06. The summed E-state index contributed by atoms with van der Waals surface area (Å²) in [5.74, 6) is 1.75. The SMILES string of the molecule is COCC1CCN(C2CCC2CNC2CC2)CC1. The van der Waals surface area contributed by atoms with Gasteiger partial charge in [0.1, 0.15) is 0 Å². The first-order valence-electron chi connectivity index (χ1n) is 7.83. The first kappa shape index (κ1) is 12.9. The smallest absolute Gasteiger partial charge is 0.0491 e. The Morgan fingerprint density at radius 3 is 2.39 bits per heavy atom. The van der Waals surface area contributed by atoms with Gasteiger partial charge in [-0.2, -0.15) is 0 Å². The van der Waals surface area contributed by atoms with E-state index in [9.17, 15) is 0 Å². The highest BCUT2D eigenvalue weighted by molar-refractivity contribution is 4.93. The molecule has 0 bridgehead atoms. The molecule has 1 N–H and O–H groups in total. The van der Waals surface area contributed by atoms with Crippen LogP contribution in [0.1, 0.15) is 38.5 Å². The summed E-state index contributed by atoms with van der Waals surface area (Å²) in [5.41, 5.74) is 0. The van der Waals surface area contributed by atoms with E-state index in [4.69, 9.17) is 4.74 Å². The summed E-state index contributed by atoms with van der Waals surface area (Å²) in [6.45, 7) is 4.84. The van der Waals surface area contributed by atoms with Gasteiger partial charge in [0.2, 0.25) is 0 Å². The maximum Gasteiger partial charge on any atom is 0.0491 e. The van der Waals surface area contributed by atoms with Crippen LogP contribution in [-0.2, 0) is 4.74 Å². The summed E-state index contributed by atoms with van der Waals surface area (Å²) in [6, 6.07) is 1.76. The third-order valence-electron chi connectivity index (χ3n) is 5.14. The number of rotatable bonds is 6. The van der Waals surface area contributed by atoms with Gasteiger partial charge in [-0.05, 0) is 70.0 Å². The Morgan fingerprint density at radius 1 is 1.06 bits per heavy atom. The maximum atomic E-state index is 5.28. The van der Waals surface area contributed by atoms with Gasteiger partial charge in [-0.3, -0.25) is 0 Å². The van der Waals surface area contributed by atoms with Crippen LogP contribution in [0.25, 0.3) is 0 Å². The van der Waals surface area contributed by atoms with Gasteiger partial charge in [0.05, 0.1) is 0 Å². The van der Waals surface area contributed by atoms with E-state index in [0.29, 0.717) is 0 Å². The highest BCUT2D eigenvalue weighted by atomic mass is 16.5. The Kier molecular flexibility index (Phi) is 4.22. The van der Waals surface area contributed by atoms with Gasteiger partial charge in [-0.1, -0.05) is 0 Å². The van der Waals surface area contributed by atoms with Crippen molar-refractivity contribution in [1.29, 1.82) is 0 Å². The first-order chi connectivity index (χ1) is 8.86. The second-order valence-electron chi connectivity index (χ2n) is 6.52. The number of piperidine rings is 1. The van der Waals surface area contributed by atoms with Crippen LogP contribution in [0.3, 0.4) is 0 Å². The second kappa shape index (κ2) is 5.89. The van der Waals surface area contributed by atoms with Gasteiger partial charge in [0.25, 0.3) is 0 Å². The van der Waals surface area contributed by atoms with E-state index in [-0.39, 0.29) is 0 Å². The molecule has 3 nitrogen and oxygen atoms in total. The lowest BCUT2D eigenvalue weighted by molar-refractivity contribution is 0.0201. The zero-order valence-corrected chi connectivity index (χ0v) is 11.7. The van der Waals surface area contributed by atoms with Crippen LogP contribution in [0.2, 0.25) is 0 Å². The number of nitrogens with one attached hydrogen (secondary N) is 1. The van der Waals surface area contributed by atoms with Crippen LogP contribution < -0.4 is 5.32 Å². The number of methoxy groups -OCH3 is 1. The molecular formula is C15H28N2O. The van der Waals surface area contributed by atoms with Crippen LogP contribution >= 0.6 is 0 Å². The average molecular weight is 252 g/mol. The summed E-state index contributed by atoms with van der Waals surface area (Å²) in [5, 5.41) is 3.71. The van der Waals surface area contributed by atoms with E-state index >= 15 is 0 Å². The van der Waals surface area contributed by atoms with Crippen molar-refractivity contribution in [3.63, 3.8) is 0 Å². The fraction of sp³-hybridized carbons (Fsp3) is 1.00. The maximum absolute atomic E-state index is 5.28. The van der Waals surface area contributed by atoms with Crippen molar-refractivity contribution in [2.45, 2.75) is 50.6 Å². The number of likely N-dealkylation sites (tertiary alicyclic amines) is 1. The van der Waals surface area contributed by atoms with Crippen LogP contribution in [0, 0.1) is 11.8 Å². The van der Waals surface area contributed by atoms with Crippen LogP contribution in [0.4, 0.5) is 0 Å². The minimum absolute atomic E-state index is 0.814. The molecule has 1 aliphatic heterocycles. The second-order valence-corrected chi connectivity index (χ2v) is 6.52. The molecule has 2 atom stereocenters. The Bertz CT molecular complexity index is 259. The van der Waals surface area contributed by atoms with Crippen molar-refractivity contribution >= 4 is 0 Å². The van der Waals surface area contributed by atoms with Gasteiger partial charge in [0.15, 0.2) is 0 Å². The summed E-state index contributed by atoms with van der Waals surface area (Å²) in [4.78, 5) is 2.76. The Balaban J connectivity index is 1.38. The van der Waals surface area contributed by atoms with Gasteiger partial charge < -0.3 is 15.0 Å². The van der Waals surface area contributed by atoms with E-state index in [1.165, 1.54) is 58.2 Å². The number of nitrogens with zero attached hydrogens (tertiary/aromatic N) is 1. The summed E-state index contributed by atoms with van der Waals surface area (Å²) in [6.07, 6.45) is 8.40. The average Bonchev–Trinajstić information content (AvgIpc) is 3.15. The summed E-state index contributed by atoms with van der Waals surface area (Å²) >= 11 is 0. The van der Waals surface area contributed by atoms with E-state index in [0.717, 1.165) is 30.5 Å². The molecule has 0 aromatic rings. The molecule has 1 saturated heterocycles. The zero-order chi connectivity index (χ0) is 12.4. The molecule has 2 aliphatic carbocycles. The first-order valence-corrected chi connectivity index (χ1v) is 7.83. The number of ether oxygens (including phenoxy) is 1. The fourth-order valence-corrected chi connectivity index (χ4v) is 3.56. The van der Waals surface area contributed by atoms with E-state index in [1.807, 2.05) is 7.11 Å². The topological polar surface area (TPSA) is 24.5 Å². The van der Waals surface area contributed by atoms with E-state index in [2.05, 4.69) is 10.2 Å². The quantitative estimate of drug-likeness (QED) is 0.781. The highest BCUT2D eigenvalue weighted by Gasteiger charge is 2.37. The molecule has 104 valence electrons. The van der Waals surface area contributed by atoms with Crippen molar-refractivity contribution in [2.75, 3.05) is 33.4 Å². The largest absolute Gasteiger partial charge is 0.384 e. The molecule has 3 heteroatoms. The molecule has 2 saturated carbocycles. The van der Waals surface area contributed by atoms with Crippen molar-refractivity contribution in [3.8, 4) is 0 Å². The van der Waals surface area contributed by atoms with Crippen molar-refractivity contribution in [2.24, 2.45) is 11.8 Å². The van der Waals surface area contributed by atoms with E-state index < -0.39 is 0 Å². The van der Waals surface area contributed by atoms with Gasteiger partial charge in [-0.15, -0.1) is 0 Å². The molecule has 0 amide bonds. The third-order valence-corrected chi connectivity index (χ3v) is 5.14. The van der Waals surface area contributed by atoms with Crippen molar-refractivity contribution in [1.82, 2.24) is 10.2 Å². The van der Waals surface area contributed by atoms with Crippen molar-refractivity contribution in [3.05, 3.63) is 0 Å². The number of hydrogen-bond donors (Lipinski definition) is 1. The molecule has 18 heavy (non-hydrogen) atoms. The Hall–Kier alpha value is -0.120. The Morgan fingerprint density at radius 2 is 1.83 bits per heavy atom. The highest BCUT2D eigenvalue weighted by Crippen LogP contribution is 2.35. The summed E-state index contributed by atoms with van der Waals surface area (Å²) < 4.78 is 5.28. The van der Waals surface area contributed by atoms with Crippen LogP contribution in [-0.4, -0.2) is 50.3 Å². The normalized spacial score (nSPS) is 34.5. The molecule has 3 rings (SSSR count). The van der Waals surface area contributed by atoms with Gasteiger partial charge >= 0.3 is 0 Å². The lowest BCUT2D eigenvalue weighted by atomic mass is 9.77. The zero-order valence-electron chi connectivity index (χ0n) is 11.7. The minimum atomic E-state index is 0.814. The molecule has 2 unspecified atom stereocenters. The molecule has 3 aliphatic rings. The minimum Gasteiger partial charge on any atom is -0.384 e. The lowest BCUT2D eigenvalue weighted by Gasteiger charge is -2.47. The van der Waals surface area contributed by atoms with Crippen LogP contribution in [0.15, 0.2) is 0 Å².